The van der Waals surface area contributed by atoms with Crippen molar-refractivity contribution in [1.29, 1.82) is 0 Å². The molecule has 0 unspecified atom stereocenters. The van der Waals surface area contributed by atoms with Crippen LogP contribution in [-0.4, -0.2) is 80.0 Å². The molecule has 22 nitrogen and oxygen atoms in total. The molecular formula is C39H25Cl3N12O10. The number of rotatable bonds is 7. The first kappa shape index (κ1) is 44.0. The lowest BCUT2D eigenvalue weighted by Crippen LogP contribution is -2.31. The molecule has 3 aliphatic heterocycles. The number of nitrogens with zero attached hydrogens (tertiary/aromatic N) is 12. The standard InChI is InChI=1S/2C14H9ClN4O4.C11H7ClN4O2/c2*1-2-22-14(21)23-13-11-10(16-5-6-17-11)12(20)19(13)9-4-3-8(15)7-18-9;12-6-1-2-7(15-5-6)16-10(17)8-9(11(16)18)14-4-3-13-8/h2*2-7,13H,1H2;1-5,10,17H/t2*13-;10-/m000/s1. The van der Waals surface area contributed by atoms with Gasteiger partial charge < -0.3 is 24.1 Å². The number of hydrogen-bond acceptors (Lipinski definition) is 19. The van der Waals surface area contributed by atoms with E-state index in [1.54, 1.807) is 24.3 Å². The van der Waals surface area contributed by atoms with Gasteiger partial charge in [-0.3, -0.25) is 34.2 Å². The summed E-state index contributed by atoms with van der Waals surface area (Å²) < 4.78 is 19.4. The van der Waals surface area contributed by atoms with Crippen molar-refractivity contribution >= 4 is 82.3 Å². The van der Waals surface area contributed by atoms with Gasteiger partial charge in [0.25, 0.3) is 17.7 Å². The molecule has 9 heterocycles. The Kier molecular flexibility index (Phi) is 13.3. The van der Waals surface area contributed by atoms with Crippen LogP contribution in [0.1, 0.15) is 67.2 Å². The summed E-state index contributed by atoms with van der Waals surface area (Å²) >= 11 is 17.3. The van der Waals surface area contributed by atoms with Gasteiger partial charge >= 0.3 is 12.3 Å². The van der Waals surface area contributed by atoms with Crippen molar-refractivity contribution in [1.82, 2.24) is 44.9 Å². The number of halogens is 3. The Hall–Kier alpha value is -8.05. The molecule has 0 fully saturated rings. The zero-order chi connectivity index (χ0) is 45.5. The predicted octanol–water partition coefficient (Wildman–Crippen LogP) is 6.14. The highest BCUT2D eigenvalue weighted by molar-refractivity contribution is 6.31. The van der Waals surface area contributed by atoms with Crippen molar-refractivity contribution in [3.05, 3.63) is 167 Å². The van der Waals surface area contributed by atoms with E-state index in [-0.39, 0.29) is 45.8 Å². The Morgan fingerprint density at radius 2 is 0.844 bits per heavy atom. The maximum Gasteiger partial charge on any atom is 0.515 e. The lowest BCUT2D eigenvalue weighted by atomic mass is 10.3. The molecule has 0 aromatic carbocycles. The van der Waals surface area contributed by atoms with E-state index >= 15 is 0 Å². The van der Waals surface area contributed by atoms with E-state index in [0.29, 0.717) is 20.9 Å². The fraction of sp³-hybridized carbons (Fsp3) is 0.0769. The number of amides is 3. The summed E-state index contributed by atoms with van der Waals surface area (Å²) in [6, 6.07) is 9.28. The second kappa shape index (κ2) is 19.3. The van der Waals surface area contributed by atoms with Crippen molar-refractivity contribution in [3.8, 4) is 0 Å². The summed E-state index contributed by atoms with van der Waals surface area (Å²) in [6.07, 6.45) is 8.80. The fourth-order valence-electron chi connectivity index (χ4n) is 5.92. The van der Waals surface area contributed by atoms with Crippen molar-refractivity contribution in [2.45, 2.75) is 18.7 Å². The maximum absolute atomic E-state index is 12.5. The minimum Gasteiger partial charge on any atom is -0.404 e. The number of anilines is 3. The lowest BCUT2D eigenvalue weighted by Gasteiger charge is -2.22. The summed E-state index contributed by atoms with van der Waals surface area (Å²) in [5.74, 6) is -0.665. The number of aliphatic hydroxyl groups excluding tert-OH is 1. The molecule has 3 atom stereocenters. The first-order valence-corrected chi connectivity index (χ1v) is 19.0. The van der Waals surface area contributed by atoms with E-state index in [0.717, 1.165) is 27.2 Å². The third-order valence-electron chi connectivity index (χ3n) is 8.52. The first-order chi connectivity index (χ1) is 30.9. The Bertz CT molecular complexity index is 2640. The molecule has 0 aliphatic carbocycles. The molecule has 6 aromatic heterocycles. The number of aliphatic hydroxyl groups is 1. The second-order valence-electron chi connectivity index (χ2n) is 12.3. The summed E-state index contributed by atoms with van der Waals surface area (Å²) in [7, 11) is 0. The van der Waals surface area contributed by atoms with Gasteiger partial charge in [-0.15, -0.1) is 0 Å². The lowest BCUT2D eigenvalue weighted by molar-refractivity contribution is 0.0438. The minimum atomic E-state index is -1.17. The van der Waals surface area contributed by atoms with E-state index in [9.17, 15) is 29.1 Å². The highest BCUT2D eigenvalue weighted by Gasteiger charge is 2.45. The van der Waals surface area contributed by atoms with Crippen LogP contribution < -0.4 is 14.7 Å². The number of aromatic nitrogens is 9. The van der Waals surface area contributed by atoms with Crippen LogP contribution in [0.4, 0.5) is 27.0 Å². The normalized spacial score (nSPS) is 16.5. The van der Waals surface area contributed by atoms with Crippen LogP contribution in [0.15, 0.2) is 118 Å². The van der Waals surface area contributed by atoms with Crippen LogP contribution >= 0.6 is 34.8 Å². The van der Waals surface area contributed by atoms with Crippen LogP contribution in [0.3, 0.4) is 0 Å². The Balaban J connectivity index is 0.000000145. The number of carbonyl (C=O) groups is 5. The summed E-state index contributed by atoms with van der Waals surface area (Å²) in [5, 5.41) is 11.3. The summed E-state index contributed by atoms with van der Waals surface area (Å²) in [6.45, 7) is 6.53. The van der Waals surface area contributed by atoms with Gasteiger partial charge in [0.1, 0.15) is 34.5 Å². The topological polar surface area (TPSA) is 268 Å². The van der Waals surface area contributed by atoms with Gasteiger partial charge in [-0.2, -0.15) is 0 Å². The highest BCUT2D eigenvalue weighted by atomic mass is 35.5. The van der Waals surface area contributed by atoms with Gasteiger partial charge in [-0.1, -0.05) is 48.0 Å². The molecule has 9 rings (SSSR count). The first-order valence-electron chi connectivity index (χ1n) is 17.8. The molecule has 0 radical (unpaired) electrons. The molecule has 0 bridgehead atoms. The van der Waals surface area contributed by atoms with Crippen molar-refractivity contribution in [2.75, 3.05) is 14.7 Å². The van der Waals surface area contributed by atoms with Crippen LogP contribution in [-0.2, 0) is 18.9 Å². The van der Waals surface area contributed by atoms with E-state index in [2.05, 4.69) is 67.5 Å². The van der Waals surface area contributed by atoms with Gasteiger partial charge in [0, 0.05) is 55.8 Å². The molecule has 0 saturated heterocycles. The Morgan fingerprint density at radius 1 is 0.516 bits per heavy atom. The van der Waals surface area contributed by atoms with Crippen LogP contribution in [0.5, 0.6) is 0 Å². The van der Waals surface area contributed by atoms with E-state index < -0.39 is 48.7 Å². The van der Waals surface area contributed by atoms with Gasteiger partial charge in [0.15, 0.2) is 23.3 Å². The SMILES string of the molecule is C=COC(=O)O[C@H]1c2nccnc2C(=O)N1c1ccc(Cl)cn1.C=COC(=O)O[C@H]1c2nccnc2C(=O)N1c1ccc(Cl)cn1.O=C1c2nccnc2[C@H](O)N1c1ccc(Cl)cn1. The van der Waals surface area contributed by atoms with E-state index in [1.165, 1.54) is 67.9 Å². The Morgan fingerprint density at radius 3 is 1.19 bits per heavy atom. The molecule has 64 heavy (non-hydrogen) atoms. The van der Waals surface area contributed by atoms with Crippen molar-refractivity contribution in [2.24, 2.45) is 0 Å². The zero-order valence-electron chi connectivity index (χ0n) is 32.1. The smallest absolute Gasteiger partial charge is 0.404 e. The Labute approximate surface area is 374 Å². The summed E-state index contributed by atoms with van der Waals surface area (Å²) in [4.78, 5) is 99.8. The molecule has 1 N–H and O–H groups in total. The number of ether oxygens (including phenoxy) is 4. The van der Waals surface area contributed by atoms with Gasteiger partial charge in [-0.05, 0) is 36.4 Å². The average molecular weight is 928 g/mol. The predicted molar refractivity (Wildman–Crippen MR) is 220 cm³/mol. The number of pyridine rings is 3. The fourth-order valence-corrected chi connectivity index (χ4v) is 6.26. The second-order valence-corrected chi connectivity index (χ2v) is 13.6. The van der Waals surface area contributed by atoms with E-state index in [1.807, 2.05) is 0 Å². The third-order valence-corrected chi connectivity index (χ3v) is 9.19. The number of carbonyl (C=O) groups excluding carboxylic acids is 5. The number of fused-ring (bicyclic) bond motifs is 3. The summed E-state index contributed by atoms with van der Waals surface area (Å²) in [5.41, 5.74) is 0.896. The molecule has 6 aromatic rings. The zero-order valence-corrected chi connectivity index (χ0v) is 34.4. The molecular weight excluding hydrogens is 903 g/mol. The molecule has 3 amide bonds. The largest absolute Gasteiger partial charge is 0.515 e. The van der Waals surface area contributed by atoms with Gasteiger partial charge in [0.05, 0.1) is 27.6 Å². The van der Waals surface area contributed by atoms with Crippen LogP contribution in [0.2, 0.25) is 15.1 Å². The molecule has 0 spiro atoms. The molecule has 0 saturated carbocycles. The average Bonchev–Trinajstić information content (AvgIpc) is 3.84. The minimum absolute atomic E-state index is 0.0700. The van der Waals surface area contributed by atoms with E-state index in [4.69, 9.17) is 44.3 Å². The van der Waals surface area contributed by atoms with Crippen molar-refractivity contribution in [3.63, 3.8) is 0 Å². The highest BCUT2D eigenvalue weighted by Crippen LogP contribution is 2.37. The quantitative estimate of drug-likeness (QED) is 0.139. The maximum atomic E-state index is 12.5. The van der Waals surface area contributed by atoms with Crippen LogP contribution in [0.25, 0.3) is 0 Å². The molecule has 3 aliphatic rings. The molecule has 25 heteroatoms. The third kappa shape index (κ3) is 9.10. The number of hydrogen-bond donors (Lipinski definition) is 1. The monoisotopic (exact) mass is 926 g/mol. The molecule has 322 valence electrons. The van der Waals surface area contributed by atoms with Gasteiger partial charge in [-0.25, -0.2) is 49.3 Å². The van der Waals surface area contributed by atoms with Gasteiger partial charge in [0.2, 0.25) is 12.5 Å². The van der Waals surface area contributed by atoms with Crippen molar-refractivity contribution < 1.29 is 48.0 Å². The van der Waals surface area contributed by atoms with Crippen LogP contribution in [0, 0.1) is 0 Å².